The quantitative estimate of drug-likeness (QED) is 0.484. The molecule has 6 nitrogen and oxygen atoms in total. The molecule has 1 saturated heterocycles. The summed E-state index contributed by atoms with van der Waals surface area (Å²) in [4.78, 5) is 13.2. The Kier molecular flexibility index (Phi) is 2.91. The van der Waals surface area contributed by atoms with Crippen molar-refractivity contribution in [1.29, 1.82) is 0 Å². The van der Waals surface area contributed by atoms with Gasteiger partial charge in [0.1, 0.15) is 11.5 Å². The minimum Gasteiger partial charge on any atom is -0.508 e. The lowest BCUT2D eigenvalue weighted by Crippen LogP contribution is -2.29. The van der Waals surface area contributed by atoms with Gasteiger partial charge < -0.3 is 25.3 Å². The maximum atomic E-state index is 11.9. The molecular formula is C11H13NO5. The summed E-state index contributed by atoms with van der Waals surface area (Å²) in [5.41, 5.74) is -0.0497. The molecule has 1 aliphatic rings. The van der Waals surface area contributed by atoms with Crippen LogP contribution in [0.1, 0.15) is 10.4 Å². The predicted octanol–water partition coefficient (Wildman–Crippen LogP) is -0.725. The largest absolute Gasteiger partial charge is 0.508 e. The smallest absolute Gasteiger partial charge is 0.257 e. The minimum atomic E-state index is -0.974. The number of likely N-dealkylation sites (tertiary alicyclic amines) is 1. The molecule has 1 aromatic rings. The molecule has 17 heavy (non-hydrogen) atoms. The van der Waals surface area contributed by atoms with Gasteiger partial charge >= 0.3 is 0 Å². The van der Waals surface area contributed by atoms with Crippen LogP contribution in [0.5, 0.6) is 11.5 Å². The molecule has 0 aliphatic carbocycles. The van der Waals surface area contributed by atoms with E-state index in [-0.39, 0.29) is 30.2 Å². The van der Waals surface area contributed by atoms with E-state index in [2.05, 4.69) is 0 Å². The van der Waals surface area contributed by atoms with Crippen molar-refractivity contribution in [2.45, 2.75) is 12.2 Å². The van der Waals surface area contributed by atoms with Crippen LogP contribution in [0.4, 0.5) is 0 Å². The molecule has 0 bridgehead atoms. The van der Waals surface area contributed by atoms with Crippen LogP contribution < -0.4 is 0 Å². The number of hydrogen-bond donors (Lipinski definition) is 4. The standard InChI is InChI=1S/C11H13NO5/c13-6-1-2-8(14)7(3-6)11(17)12-4-9(15)10(16)5-12/h1-3,9-10,13-16H,4-5H2. The number of nitrogens with zero attached hydrogens (tertiary/aromatic N) is 1. The van der Waals surface area contributed by atoms with E-state index in [1.54, 1.807) is 0 Å². The lowest BCUT2D eigenvalue weighted by atomic mass is 10.1. The number of benzene rings is 1. The molecule has 4 N–H and O–H groups in total. The maximum Gasteiger partial charge on any atom is 0.257 e. The summed E-state index contributed by atoms with van der Waals surface area (Å²) in [7, 11) is 0. The van der Waals surface area contributed by atoms with Crippen molar-refractivity contribution in [3.63, 3.8) is 0 Å². The fourth-order valence-electron chi connectivity index (χ4n) is 1.80. The predicted molar refractivity (Wildman–Crippen MR) is 57.7 cm³/mol. The van der Waals surface area contributed by atoms with Crippen LogP contribution in [-0.2, 0) is 0 Å². The zero-order chi connectivity index (χ0) is 12.6. The van der Waals surface area contributed by atoms with E-state index in [9.17, 15) is 25.2 Å². The zero-order valence-electron chi connectivity index (χ0n) is 8.95. The second-order valence-corrected chi connectivity index (χ2v) is 4.05. The lowest BCUT2D eigenvalue weighted by molar-refractivity contribution is 0.0572. The van der Waals surface area contributed by atoms with Crippen LogP contribution in [-0.4, -0.2) is 56.5 Å². The first-order valence-corrected chi connectivity index (χ1v) is 5.16. The number of β-amino-alcohol motifs (C(OH)–C–C–N with tert-alkyl or cyclic N) is 2. The molecule has 0 saturated carbocycles. The van der Waals surface area contributed by atoms with Crippen molar-refractivity contribution >= 4 is 5.91 Å². The highest BCUT2D eigenvalue weighted by Crippen LogP contribution is 2.25. The van der Waals surface area contributed by atoms with Gasteiger partial charge in [-0.05, 0) is 18.2 Å². The maximum absolute atomic E-state index is 11.9. The molecule has 2 rings (SSSR count). The molecule has 1 heterocycles. The molecular weight excluding hydrogens is 226 g/mol. The van der Waals surface area contributed by atoms with Gasteiger partial charge in [-0.25, -0.2) is 0 Å². The SMILES string of the molecule is O=C(c1cc(O)ccc1O)N1CC(O)C(O)C1. The van der Waals surface area contributed by atoms with Gasteiger partial charge in [0.2, 0.25) is 0 Å². The van der Waals surface area contributed by atoms with Gasteiger partial charge in [-0.2, -0.15) is 0 Å². The first-order chi connectivity index (χ1) is 7.99. The van der Waals surface area contributed by atoms with E-state index in [1.165, 1.54) is 17.0 Å². The molecule has 1 aromatic carbocycles. The third-order valence-corrected chi connectivity index (χ3v) is 2.76. The number of aliphatic hydroxyl groups excluding tert-OH is 2. The third-order valence-electron chi connectivity index (χ3n) is 2.76. The van der Waals surface area contributed by atoms with E-state index < -0.39 is 18.1 Å². The number of carbonyl (C=O) groups excluding carboxylic acids is 1. The molecule has 0 aromatic heterocycles. The number of amides is 1. The molecule has 6 heteroatoms. The van der Waals surface area contributed by atoms with Crippen molar-refractivity contribution in [3.8, 4) is 11.5 Å². The molecule has 0 spiro atoms. The van der Waals surface area contributed by atoms with Crippen LogP contribution in [0.2, 0.25) is 0 Å². The second kappa shape index (κ2) is 4.23. The molecule has 2 unspecified atom stereocenters. The number of aromatic hydroxyl groups is 2. The summed E-state index contributed by atoms with van der Waals surface area (Å²) < 4.78 is 0. The van der Waals surface area contributed by atoms with Gasteiger partial charge in [-0.1, -0.05) is 0 Å². The van der Waals surface area contributed by atoms with E-state index in [1.807, 2.05) is 0 Å². The Hall–Kier alpha value is -1.79. The summed E-state index contributed by atoms with van der Waals surface area (Å²) >= 11 is 0. The van der Waals surface area contributed by atoms with E-state index in [0.717, 1.165) is 6.07 Å². The first-order valence-electron chi connectivity index (χ1n) is 5.16. The van der Waals surface area contributed by atoms with Crippen molar-refractivity contribution in [1.82, 2.24) is 4.90 Å². The average Bonchev–Trinajstić information content (AvgIpc) is 2.62. The molecule has 2 atom stereocenters. The van der Waals surface area contributed by atoms with Crippen LogP contribution in [0.15, 0.2) is 18.2 Å². The Morgan fingerprint density at radius 2 is 1.76 bits per heavy atom. The van der Waals surface area contributed by atoms with Gasteiger partial charge in [-0.3, -0.25) is 4.79 Å². The van der Waals surface area contributed by atoms with Crippen LogP contribution in [0, 0.1) is 0 Å². The first kappa shape index (κ1) is 11.7. The number of phenols is 2. The number of hydrogen-bond acceptors (Lipinski definition) is 5. The topological polar surface area (TPSA) is 101 Å². The van der Waals surface area contributed by atoms with E-state index >= 15 is 0 Å². The Morgan fingerprint density at radius 1 is 1.18 bits per heavy atom. The number of aliphatic hydroxyl groups is 2. The van der Waals surface area contributed by atoms with Gasteiger partial charge in [0.25, 0.3) is 5.91 Å². The second-order valence-electron chi connectivity index (χ2n) is 4.05. The summed E-state index contributed by atoms with van der Waals surface area (Å²) in [5, 5.41) is 37.4. The Balaban J connectivity index is 2.23. The summed E-state index contributed by atoms with van der Waals surface area (Å²) in [6, 6.07) is 3.63. The monoisotopic (exact) mass is 239 g/mol. The molecule has 1 fully saturated rings. The Morgan fingerprint density at radius 3 is 2.35 bits per heavy atom. The highest BCUT2D eigenvalue weighted by Gasteiger charge is 2.33. The molecule has 0 radical (unpaired) electrons. The number of carbonyl (C=O) groups is 1. The summed E-state index contributed by atoms with van der Waals surface area (Å²) in [6.07, 6.45) is -1.95. The molecule has 1 aliphatic heterocycles. The van der Waals surface area contributed by atoms with Gasteiger partial charge in [0.15, 0.2) is 0 Å². The molecule has 1 amide bonds. The highest BCUT2D eigenvalue weighted by molar-refractivity contribution is 5.97. The van der Waals surface area contributed by atoms with Crippen molar-refractivity contribution < 1.29 is 25.2 Å². The van der Waals surface area contributed by atoms with Gasteiger partial charge in [0, 0.05) is 13.1 Å². The highest BCUT2D eigenvalue weighted by atomic mass is 16.3. The van der Waals surface area contributed by atoms with E-state index in [0.29, 0.717) is 0 Å². The van der Waals surface area contributed by atoms with Gasteiger partial charge in [-0.15, -0.1) is 0 Å². The number of rotatable bonds is 1. The summed E-state index contributed by atoms with van der Waals surface area (Å²) in [6.45, 7) is 0.0180. The fraction of sp³-hybridized carbons (Fsp3) is 0.364. The van der Waals surface area contributed by atoms with E-state index in [4.69, 9.17) is 0 Å². The summed E-state index contributed by atoms with van der Waals surface area (Å²) in [5.74, 6) is -0.913. The Labute approximate surface area is 97.3 Å². The average molecular weight is 239 g/mol. The van der Waals surface area contributed by atoms with Gasteiger partial charge in [0.05, 0.1) is 17.8 Å². The van der Waals surface area contributed by atoms with Crippen LogP contribution in [0.3, 0.4) is 0 Å². The van der Waals surface area contributed by atoms with Crippen molar-refractivity contribution in [3.05, 3.63) is 23.8 Å². The third kappa shape index (κ3) is 2.17. The van der Waals surface area contributed by atoms with Crippen LogP contribution >= 0.6 is 0 Å². The minimum absolute atomic E-state index is 0.00902. The van der Waals surface area contributed by atoms with Crippen molar-refractivity contribution in [2.24, 2.45) is 0 Å². The lowest BCUT2D eigenvalue weighted by Gasteiger charge is -2.16. The Bertz CT molecular complexity index is 437. The fourth-order valence-corrected chi connectivity index (χ4v) is 1.80. The number of phenolic OH excluding ortho intramolecular Hbond substituents is 2. The molecule has 92 valence electrons. The normalized spacial score (nSPS) is 24.0. The van der Waals surface area contributed by atoms with Crippen molar-refractivity contribution in [2.75, 3.05) is 13.1 Å². The van der Waals surface area contributed by atoms with Crippen LogP contribution in [0.25, 0.3) is 0 Å². The zero-order valence-corrected chi connectivity index (χ0v) is 8.95.